The molecule has 6 rings (SSSR count). The predicted molar refractivity (Wildman–Crippen MR) is 183 cm³/mol. The van der Waals surface area contributed by atoms with E-state index in [1.807, 2.05) is 0 Å². The summed E-state index contributed by atoms with van der Waals surface area (Å²) in [5.74, 6) is -0.569. The Balaban J connectivity index is 1.03. The molecule has 0 aromatic carbocycles. The molecular weight excluding hydrogens is 854 g/mol. The first-order valence-electron chi connectivity index (χ1n) is 15.7. The number of nitrogens with zero attached hydrogens (tertiary/aromatic N) is 6. The van der Waals surface area contributed by atoms with Crippen molar-refractivity contribution in [2.75, 3.05) is 24.7 Å². The second-order valence-corrected chi connectivity index (χ2v) is 19.0. The zero-order valence-corrected chi connectivity index (χ0v) is 32.5. The fourth-order valence-electron chi connectivity index (χ4n) is 5.95. The number of aromatic amines is 2. The minimum atomic E-state index is -6.07. The molecule has 2 saturated heterocycles. The van der Waals surface area contributed by atoms with E-state index < -0.39 is 105 Å². The van der Waals surface area contributed by atoms with E-state index in [-0.39, 0.29) is 34.2 Å². The van der Waals surface area contributed by atoms with Gasteiger partial charge in [0.05, 0.1) is 14.1 Å². The Morgan fingerprint density at radius 3 is 1.44 bits per heavy atom. The maximum atomic E-state index is 12.7. The van der Waals surface area contributed by atoms with Gasteiger partial charge in [-0.05, 0) is 8.62 Å². The Bertz CT molecular complexity index is 2110. The van der Waals surface area contributed by atoms with Gasteiger partial charge in [0.15, 0.2) is 12.7 Å². The number of fused-ring (bicyclic) bond motifs is 2. The summed E-state index contributed by atoms with van der Waals surface area (Å²) in [5.41, 5.74) is 9.83. The van der Waals surface area contributed by atoms with Crippen molar-refractivity contribution in [1.29, 1.82) is 0 Å². The number of ether oxygens (including phenoxy) is 2. The molecule has 0 bridgehead atoms. The number of hydrogen-bond acceptors (Lipinski definition) is 23. The van der Waals surface area contributed by atoms with E-state index in [0.29, 0.717) is 0 Å². The molecule has 12 N–H and O–H groups in total. The third kappa shape index (κ3) is 9.29. The van der Waals surface area contributed by atoms with E-state index >= 15 is 0 Å². The topological polar surface area (TPSA) is 439 Å². The summed E-state index contributed by atoms with van der Waals surface area (Å²) < 4.78 is 38.0. The second-order valence-electron chi connectivity index (χ2n) is 12.5. The van der Waals surface area contributed by atoms with E-state index in [1.54, 1.807) is 0 Å². The van der Waals surface area contributed by atoms with Gasteiger partial charge >= 0.3 is 42.8 Å². The Labute approximate surface area is 321 Å². The van der Waals surface area contributed by atoms with Crippen molar-refractivity contribution in [3.63, 3.8) is 0 Å². The molecule has 0 amide bonds. The number of nitrogen functional groups attached to an aromatic ring is 2. The molecule has 57 heavy (non-hydrogen) atoms. The summed E-state index contributed by atoms with van der Waals surface area (Å²) in [7, 11) is -9.15. The number of phosphoric acid groups is 2. The van der Waals surface area contributed by atoms with Crippen LogP contribution >= 0.6 is 32.0 Å². The van der Waals surface area contributed by atoms with Gasteiger partial charge in [0.25, 0.3) is 23.0 Å². The Morgan fingerprint density at radius 2 is 1.09 bits per heavy atom. The first kappa shape index (κ1) is 44.0. The number of nitrogens with one attached hydrogen (secondary N) is 2. The van der Waals surface area contributed by atoms with E-state index in [1.165, 1.54) is 35.9 Å². The summed E-state index contributed by atoms with van der Waals surface area (Å²) >= 11 is 0. The van der Waals surface area contributed by atoms with Gasteiger partial charge in [0.1, 0.15) is 49.8 Å². The quantitative estimate of drug-likeness (QED) is 0.0319. The number of rotatable bonds is 14. The summed E-state index contributed by atoms with van der Waals surface area (Å²) in [6, 6.07) is 0. The molecule has 6 heterocycles. The van der Waals surface area contributed by atoms with Crippen molar-refractivity contribution < 1.29 is 90.4 Å². The zero-order chi connectivity index (χ0) is 42.2. The van der Waals surface area contributed by atoms with Gasteiger partial charge in [-0.3, -0.25) is 28.7 Å². The molecule has 2 aliphatic heterocycles. The predicted octanol–water partition coefficient (Wildman–Crippen LogP) is -8.93. The normalized spacial score (nSPS) is 29.7. The van der Waals surface area contributed by atoms with Crippen LogP contribution in [0.2, 0.25) is 0 Å². The average Bonchev–Trinajstić information content (AvgIpc) is 3.74. The van der Waals surface area contributed by atoms with Crippen LogP contribution in [0.15, 0.2) is 22.2 Å². The number of H-pyrrole nitrogens is 2. The van der Waals surface area contributed by atoms with E-state index in [0.717, 1.165) is 9.13 Å². The van der Waals surface area contributed by atoms with Crippen molar-refractivity contribution in [3.05, 3.63) is 33.4 Å². The number of hydrogen-bond donors (Lipinski definition) is 10. The summed E-state index contributed by atoms with van der Waals surface area (Å²) in [6.07, 6.45) is -10.6. The molecule has 4 aromatic heterocycles. The van der Waals surface area contributed by atoms with Gasteiger partial charge < -0.3 is 60.9 Å². The van der Waals surface area contributed by atoms with Crippen molar-refractivity contribution >= 4 is 81.3 Å². The van der Waals surface area contributed by atoms with Crippen LogP contribution in [0, 0.1) is 0 Å². The minimum absolute atomic E-state index is 0.00657. The smallest absolute Gasteiger partial charge is 0.481 e. The van der Waals surface area contributed by atoms with Crippen molar-refractivity contribution in [1.82, 2.24) is 29.1 Å². The van der Waals surface area contributed by atoms with Gasteiger partial charge in [0.2, 0.25) is 39.1 Å². The lowest BCUT2D eigenvalue weighted by molar-refractivity contribution is -0.746. The summed E-state index contributed by atoms with van der Waals surface area (Å²) in [4.78, 5) is 108. The molecule has 35 heteroatoms. The summed E-state index contributed by atoms with van der Waals surface area (Å²) in [5, 5.41) is 42.4. The maximum absolute atomic E-state index is 12.7. The standard InChI is InChI=1S/C22H30B2N10O19P4/c1-31-5-33(15-9(31)17(39)29-21(25)27-15)19-13(37)11(35)7(49-19)3-47-54(23,41)51-56(43,44)53-57(45,46)52-55(24,42)48-4-8-12(36)14(38)20(50-8)34-6-32(2)10-16(34)28-22(26)30-18(10)40/h5-8,11-14,19-20,35-38H,3-4H2,1-2H3,(H6-2,25,26,27,28,29,30,39,40,43,44,45,46)/p+2/t7-,8-,11-,12-,13-,14-,19-,20-,54?,55?/m1/s1. The molecule has 12 atom stereocenters. The summed E-state index contributed by atoms with van der Waals surface area (Å²) in [6.45, 7) is -2.04. The first-order chi connectivity index (χ1) is 26.3. The fraction of sp³-hybridized carbons (Fsp3) is 0.545. The van der Waals surface area contributed by atoms with Crippen LogP contribution in [0.3, 0.4) is 0 Å². The lowest BCUT2D eigenvalue weighted by atomic mass is 10.1. The van der Waals surface area contributed by atoms with Crippen molar-refractivity contribution in [2.24, 2.45) is 14.1 Å². The van der Waals surface area contributed by atoms with Crippen molar-refractivity contribution in [2.45, 2.75) is 49.1 Å². The van der Waals surface area contributed by atoms with E-state index in [4.69, 9.17) is 45.1 Å². The minimum Gasteiger partial charge on any atom is -0.643 e. The van der Waals surface area contributed by atoms with Crippen molar-refractivity contribution in [3.8, 4) is 0 Å². The maximum Gasteiger partial charge on any atom is 0.481 e. The van der Waals surface area contributed by atoms with Crippen LogP contribution in [0.25, 0.3) is 22.3 Å². The zero-order valence-electron chi connectivity index (χ0n) is 29.0. The van der Waals surface area contributed by atoms with E-state index in [2.05, 4.69) is 32.9 Å². The lowest BCUT2D eigenvalue weighted by Crippen LogP contribution is -2.46. The molecule has 2 fully saturated rings. The van der Waals surface area contributed by atoms with Crippen LogP contribution in [0.1, 0.15) is 12.5 Å². The number of imidazole rings is 2. The number of aliphatic hydroxyl groups excluding tert-OH is 4. The molecule has 29 nitrogen and oxygen atoms in total. The molecule has 0 saturated carbocycles. The highest BCUT2D eigenvalue weighted by Gasteiger charge is 2.58. The highest BCUT2D eigenvalue weighted by atomic mass is 31.3. The Kier molecular flexibility index (Phi) is 12.2. The molecule has 0 aliphatic carbocycles. The van der Waals surface area contributed by atoms with Gasteiger partial charge in [-0.15, -0.1) is 0 Å². The number of anilines is 2. The average molecular weight is 886 g/mol. The highest BCUT2D eigenvalue weighted by Crippen LogP contribution is 2.76. The van der Waals surface area contributed by atoms with Crippen LogP contribution < -0.4 is 51.3 Å². The SMILES string of the molecule is [B][P+]([O-])(OC[C@H]1O[C@@H]([n+]2cn(C)c3c(=O)[nH]c(N)nc32)[C@H](O)[C@@H]1O)O[P+]([O-])(O)O[P+]([O-])(O)O[P+]([B])([O-])OC[C@H]1O[C@@H]([n+]2cn(C)c3c(=O)[nH]c(N)nc32)[C@H](O)[C@@H]1O. The molecule has 0 spiro atoms. The molecule has 4 aromatic rings. The largest absolute Gasteiger partial charge is 0.643 e. The number of aryl methyl sites for hydroxylation is 2. The van der Waals surface area contributed by atoms with Gasteiger partial charge in [-0.25, -0.2) is 18.2 Å². The fourth-order valence-corrected chi connectivity index (χ4v) is 11.2. The van der Waals surface area contributed by atoms with Crippen LogP contribution in [-0.4, -0.2) is 124 Å². The number of aliphatic hydroxyl groups is 4. The molecule has 308 valence electrons. The van der Waals surface area contributed by atoms with Crippen LogP contribution in [0.5, 0.6) is 0 Å². The first-order valence-corrected chi connectivity index (χ1v) is 21.9. The second kappa shape index (κ2) is 15.8. The lowest BCUT2D eigenvalue weighted by Gasteiger charge is -2.31. The molecule has 4 unspecified atom stereocenters. The molecular formula is C22H32B2N10O19P4+2. The van der Waals surface area contributed by atoms with E-state index in [9.17, 15) is 59.4 Å². The highest BCUT2D eigenvalue weighted by molar-refractivity contribution is 7.90. The third-order valence-corrected chi connectivity index (χ3v) is 14.4. The molecule has 2 aliphatic rings. The number of nitrogens with two attached hydrogens (primary N) is 2. The van der Waals surface area contributed by atoms with Crippen LogP contribution in [0.4, 0.5) is 11.9 Å². The van der Waals surface area contributed by atoms with Gasteiger partial charge in [-0.2, -0.15) is 9.79 Å². The Hall–Kier alpha value is -2.53. The van der Waals surface area contributed by atoms with Gasteiger partial charge in [0, 0.05) is 4.31 Å². The Morgan fingerprint density at radius 1 is 0.737 bits per heavy atom. The molecule has 4 radical (unpaired) electrons. The van der Waals surface area contributed by atoms with Crippen LogP contribution in [-0.2, 0) is 45.5 Å². The third-order valence-electron chi connectivity index (χ3n) is 8.28. The monoisotopic (exact) mass is 886 g/mol. The number of aromatic nitrogens is 8. The van der Waals surface area contributed by atoms with Gasteiger partial charge in [-0.1, -0.05) is 9.97 Å².